The summed E-state index contributed by atoms with van der Waals surface area (Å²) >= 11 is 8.14. The van der Waals surface area contributed by atoms with Crippen molar-refractivity contribution in [3.8, 4) is 0 Å². The number of hydrogen-bond acceptors (Lipinski definition) is 4. The molecular weight excluding hydrogens is 452 g/mol. The van der Waals surface area contributed by atoms with Gasteiger partial charge in [0.25, 0.3) is 0 Å². The number of nitrogens with zero attached hydrogens (tertiary/aromatic N) is 2. The van der Waals surface area contributed by atoms with Crippen molar-refractivity contribution in [1.82, 2.24) is 9.55 Å². The van der Waals surface area contributed by atoms with E-state index in [1.54, 1.807) is 11.3 Å². The molecule has 0 spiro atoms. The normalized spacial score (nSPS) is 11.8. The molecule has 4 aromatic rings. The molecule has 0 amide bonds. The van der Waals surface area contributed by atoms with E-state index < -0.39 is 0 Å². The van der Waals surface area contributed by atoms with Crippen molar-refractivity contribution < 1.29 is 9.53 Å². The highest BCUT2D eigenvalue weighted by molar-refractivity contribution is 7.09. The fourth-order valence-electron chi connectivity index (χ4n) is 3.97. The van der Waals surface area contributed by atoms with Gasteiger partial charge >= 0.3 is 5.97 Å². The quantitative estimate of drug-likeness (QED) is 0.193. The van der Waals surface area contributed by atoms with E-state index in [1.165, 1.54) is 7.11 Å². The van der Waals surface area contributed by atoms with Crippen LogP contribution < -0.4 is 0 Å². The number of thiophene rings is 1. The van der Waals surface area contributed by atoms with E-state index in [0.717, 1.165) is 57.1 Å². The van der Waals surface area contributed by atoms with Gasteiger partial charge in [-0.3, -0.25) is 0 Å². The maximum absolute atomic E-state index is 12.6. The van der Waals surface area contributed by atoms with Crippen LogP contribution in [0.25, 0.3) is 17.1 Å². The number of benzene rings is 2. The summed E-state index contributed by atoms with van der Waals surface area (Å²) in [6, 6.07) is 18.0. The van der Waals surface area contributed by atoms with E-state index in [1.807, 2.05) is 66.1 Å². The number of carbonyl (C=O) groups is 1. The highest BCUT2D eigenvalue weighted by Crippen LogP contribution is 2.28. The number of halogens is 1. The Labute approximate surface area is 203 Å². The second-order valence-corrected chi connectivity index (χ2v) is 9.38. The monoisotopic (exact) mass is 478 g/mol. The molecule has 33 heavy (non-hydrogen) atoms. The van der Waals surface area contributed by atoms with Gasteiger partial charge in [-0.2, -0.15) is 0 Å². The number of rotatable bonds is 9. The van der Waals surface area contributed by atoms with Crippen LogP contribution in [0, 0.1) is 0 Å². The Balaban J connectivity index is 1.85. The molecule has 2 aromatic carbocycles. The lowest BCUT2D eigenvalue weighted by molar-refractivity contribution is -0.136. The smallest absolute Gasteiger partial charge is 0.334 e. The predicted octanol–water partition coefficient (Wildman–Crippen LogP) is 6.94. The standard InChI is InChI=1S/C27H27ClN2O2S/c1-3-4-14-25-29-24-13-7-10-19(16-21(27(31)32-2)17-22-11-8-15-33-22)26(24)30(25)18-20-9-5-6-12-23(20)28/h5-13,15-16H,3-4,14,17-18H2,1-2H3. The maximum Gasteiger partial charge on any atom is 0.334 e. The molecule has 0 N–H and O–H groups in total. The summed E-state index contributed by atoms with van der Waals surface area (Å²) in [6.07, 6.45) is 5.51. The Hall–Kier alpha value is -2.89. The summed E-state index contributed by atoms with van der Waals surface area (Å²) in [4.78, 5) is 18.7. The van der Waals surface area contributed by atoms with E-state index in [-0.39, 0.29) is 5.97 Å². The van der Waals surface area contributed by atoms with Crippen molar-refractivity contribution in [2.24, 2.45) is 0 Å². The number of methoxy groups -OCH3 is 1. The van der Waals surface area contributed by atoms with Crippen molar-refractivity contribution in [3.63, 3.8) is 0 Å². The molecule has 0 aliphatic rings. The first kappa shape index (κ1) is 23.3. The lowest BCUT2D eigenvalue weighted by Gasteiger charge is -2.13. The molecule has 0 radical (unpaired) electrons. The molecule has 0 saturated heterocycles. The van der Waals surface area contributed by atoms with Gasteiger partial charge in [0, 0.05) is 33.9 Å². The Kier molecular flexibility index (Phi) is 7.63. The van der Waals surface area contributed by atoms with Crippen LogP contribution in [0.4, 0.5) is 0 Å². The molecule has 0 fully saturated rings. The number of aromatic nitrogens is 2. The van der Waals surface area contributed by atoms with Gasteiger partial charge in [-0.05, 0) is 41.6 Å². The number of carbonyl (C=O) groups excluding carboxylic acids is 1. The van der Waals surface area contributed by atoms with E-state index in [0.29, 0.717) is 18.5 Å². The van der Waals surface area contributed by atoms with Crippen molar-refractivity contribution in [1.29, 1.82) is 0 Å². The van der Waals surface area contributed by atoms with Gasteiger partial charge in [0.05, 0.1) is 24.7 Å². The highest BCUT2D eigenvalue weighted by Gasteiger charge is 2.17. The first-order chi connectivity index (χ1) is 16.1. The minimum Gasteiger partial charge on any atom is -0.466 e. The summed E-state index contributed by atoms with van der Waals surface area (Å²) in [5.74, 6) is 0.717. The van der Waals surface area contributed by atoms with Crippen LogP contribution >= 0.6 is 22.9 Å². The second kappa shape index (κ2) is 10.8. The molecule has 4 rings (SSSR count). The largest absolute Gasteiger partial charge is 0.466 e. The van der Waals surface area contributed by atoms with Crippen molar-refractivity contribution in [3.05, 3.63) is 92.4 Å². The molecular formula is C27H27ClN2O2S. The summed E-state index contributed by atoms with van der Waals surface area (Å²) in [5, 5.41) is 2.76. The fourth-order valence-corrected chi connectivity index (χ4v) is 4.90. The predicted molar refractivity (Wildman–Crippen MR) is 137 cm³/mol. The molecule has 0 aliphatic heterocycles. The number of ether oxygens (including phenoxy) is 1. The summed E-state index contributed by atoms with van der Waals surface area (Å²) in [5.41, 5.74) is 4.54. The first-order valence-corrected chi connectivity index (χ1v) is 12.4. The number of fused-ring (bicyclic) bond motifs is 1. The van der Waals surface area contributed by atoms with E-state index in [2.05, 4.69) is 11.5 Å². The van der Waals surface area contributed by atoms with E-state index in [4.69, 9.17) is 21.3 Å². The number of unbranched alkanes of at least 4 members (excludes halogenated alkanes) is 1. The number of para-hydroxylation sites is 1. The zero-order valence-electron chi connectivity index (χ0n) is 18.9. The number of imidazole rings is 1. The zero-order valence-corrected chi connectivity index (χ0v) is 20.5. The van der Waals surface area contributed by atoms with Gasteiger partial charge < -0.3 is 9.30 Å². The Bertz CT molecular complexity index is 1270. The van der Waals surface area contributed by atoms with Crippen molar-refractivity contribution in [2.75, 3.05) is 7.11 Å². The molecule has 0 saturated carbocycles. The Morgan fingerprint density at radius 3 is 2.73 bits per heavy atom. The molecule has 2 heterocycles. The molecule has 0 unspecified atom stereocenters. The second-order valence-electron chi connectivity index (χ2n) is 7.94. The number of aryl methyl sites for hydroxylation is 1. The van der Waals surface area contributed by atoms with Crippen LogP contribution in [0.15, 0.2) is 65.6 Å². The molecule has 4 nitrogen and oxygen atoms in total. The average molecular weight is 479 g/mol. The molecule has 6 heteroatoms. The van der Waals surface area contributed by atoms with Crippen LogP contribution in [0.2, 0.25) is 5.02 Å². The Morgan fingerprint density at radius 1 is 1.15 bits per heavy atom. The highest BCUT2D eigenvalue weighted by atomic mass is 35.5. The van der Waals surface area contributed by atoms with Gasteiger partial charge in [0.2, 0.25) is 0 Å². The van der Waals surface area contributed by atoms with Gasteiger partial charge in [0.1, 0.15) is 5.82 Å². The van der Waals surface area contributed by atoms with Crippen LogP contribution in [-0.2, 0) is 28.9 Å². The van der Waals surface area contributed by atoms with Crippen LogP contribution in [0.3, 0.4) is 0 Å². The minimum atomic E-state index is -0.316. The van der Waals surface area contributed by atoms with Gasteiger partial charge in [-0.15, -0.1) is 11.3 Å². The third-order valence-corrected chi connectivity index (χ3v) is 6.88. The third-order valence-electron chi connectivity index (χ3n) is 5.64. The lowest BCUT2D eigenvalue weighted by Crippen LogP contribution is -2.08. The Morgan fingerprint density at radius 2 is 2.00 bits per heavy atom. The van der Waals surface area contributed by atoms with E-state index >= 15 is 0 Å². The summed E-state index contributed by atoms with van der Waals surface area (Å²) in [7, 11) is 1.43. The number of hydrogen-bond donors (Lipinski definition) is 0. The van der Waals surface area contributed by atoms with E-state index in [9.17, 15) is 4.79 Å². The SMILES string of the molecule is CCCCc1nc2cccc(C=C(Cc3cccs3)C(=O)OC)c2n1Cc1ccccc1Cl. The van der Waals surface area contributed by atoms with Gasteiger partial charge in [0.15, 0.2) is 0 Å². The third kappa shape index (κ3) is 5.37. The summed E-state index contributed by atoms with van der Waals surface area (Å²) < 4.78 is 7.35. The van der Waals surface area contributed by atoms with Crippen molar-refractivity contribution >= 4 is 46.0 Å². The lowest BCUT2D eigenvalue weighted by atomic mass is 10.1. The maximum atomic E-state index is 12.6. The van der Waals surface area contributed by atoms with Crippen molar-refractivity contribution in [2.45, 2.75) is 39.2 Å². The van der Waals surface area contributed by atoms with Crippen LogP contribution in [-0.4, -0.2) is 22.6 Å². The molecule has 0 aliphatic carbocycles. The molecule has 0 bridgehead atoms. The fraction of sp³-hybridized carbons (Fsp3) is 0.259. The first-order valence-electron chi connectivity index (χ1n) is 11.1. The molecule has 2 aromatic heterocycles. The zero-order chi connectivity index (χ0) is 23.2. The van der Waals surface area contributed by atoms with Crippen LogP contribution in [0.5, 0.6) is 0 Å². The molecule has 170 valence electrons. The minimum absolute atomic E-state index is 0.316. The van der Waals surface area contributed by atoms with Gasteiger partial charge in [-0.25, -0.2) is 9.78 Å². The van der Waals surface area contributed by atoms with Gasteiger partial charge in [-0.1, -0.05) is 61.3 Å². The van der Waals surface area contributed by atoms with Crippen LogP contribution in [0.1, 0.15) is 41.6 Å². The molecule has 0 atom stereocenters. The summed E-state index contributed by atoms with van der Waals surface area (Å²) in [6.45, 7) is 2.81. The average Bonchev–Trinajstić information content (AvgIpc) is 3.46. The number of esters is 1. The topological polar surface area (TPSA) is 44.1 Å².